The number of ether oxygens (including phenoxy) is 2. The fourth-order valence-corrected chi connectivity index (χ4v) is 2.85. The van der Waals surface area contributed by atoms with Crippen LogP contribution in [0.15, 0.2) is 0 Å². The van der Waals surface area contributed by atoms with Crippen LogP contribution in [-0.4, -0.2) is 61.6 Å². The normalized spacial score (nSPS) is 18.2. The Morgan fingerprint density at radius 3 is 2.11 bits per heavy atom. The summed E-state index contributed by atoms with van der Waals surface area (Å²) in [5.41, 5.74) is 0. The predicted molar refractivity (Wildman–Crippen MR) is 66.0 cm³/mol. The molecule has 1 amide bonds. The highest BCUT2D eigenvalue weighted by Crippen LogP contribution is 2.25. The minimum Gasteiger partial charge on any atom is -0.468 e. The number of thioether (sulfide) groups is 1. The van der Waals surface area contributed by atoms with Gasteiger partial charge in [-0.2, -0.15) is 11.8 Å². The monoisotopic (exact) mass is 275 g/mol. The Kier molecular flexibility index (Phi) is 5.97. The lowest BCUT2D eigenvalue weighted by atomic mass is 10.1. The van der Waals surface area contributed by atoms with Crippen molar-refractivity contribution in [2.24, 2.45) is 5.92 Å². The topological polar surface area (TPSA) is 72.9 Å². The van der Waals surface area contributed by atoms with E-state index in [-0.39, 0.29) is 24.9 Å². The molecular formula is C11H17NO5S. The molecule has 0 saturated carbocycles. The molecule has 0 spiro atoms. The third kappa shape index (κ3) is 4.21. The van der Waals surface area contributed by atoms with Crippen LogP contribution in [0.4, 0.5) is 0 Å². The third-order valence-electron chi connectivity index (χ3n) is 2.69. The number of methoxy groups -OCH3 is 2. The first-order chi connectivity index (χ1) is 8.58. The van der Waals surface area contributed by atoms with Gasteiger partial charge in [-0.25, -0.2) is 0 Å². The molecule has 1 rings (SSSR count). The average Bonchev–Trinajstić information content (AvgIpc) is 2.90. The van der Waals surface area contributed by atoms with E-state index in [0.717, 1.165) is 17.9 Å². The highest BCUT2D eigenvalue weighted by Gasteiger charge is 2.30. The van der Waals surface area contributed by atoms with Crippen LogP contribution in [0.25, 0.3) is 0 Å². The molecule has 102 valence electrons. The number of nitrogens with zero attached hydrogens (tertiary/aromatic N) is 1. The van der Waals surface area contributed by atoms with E-state index in [4.69, 9.17) is 0 Å². The van der Waals surface area contributed by atoms with E-state index >= 15 is 0 Å². The second-order valence-electron chi connectivity index (χ2n) is 3.91. The fourth-order valence-electron chi connectivity index (χ4n) is 1.64. The van der Waals surface area contributed by atoms with Crippen LogP contribution < -0.4 is 0 Å². The lowest BCUT2D eigenvalue weighted by molar-refractivity contribution is -0.153. The Morgan fingerprint density at radius 2 is 1.72 bits per heavy atom. The summed E-state index contributed by atoms with van der Waals surface area (Å²) >= 11 is 1.70. The molecule has 1 aliphatic heterocycles. The van der Waals surface area contributed by atoms with E-state index < -0.39 is 11.9 Å². The van der Waals surface area contributed by atoms with Crippen LogP contribution in [0.2, 0.25) is 0 Å². The number of hydrogen-bond acceptors (Lipinski definition) is 6. The number of hydrogen-bond donors (Lipinski definition) is 0. The molecule has 1 unspecified atom stereocenters. The molecule has 0 aromatic carbocycles. The number of rotatable bonds is 5. The van der Waals surface area contributed by atoms with Gasteiger partial charge in [0, 0.05) is 11.7 Å². The van der Waals surface area contributed by atoms with Gasteiger partial charge in [-0.3, -0.25) is 14.4 Å². The molecule has 7 heteroatoms. The molecule has 1 fully saturated rings. The van der Waals surface area contributed by atoms with Crippen LogP contribution in [0.5, 0.6) is 0 Å². The maximum absolute atomic E-state index is 12.1. The van der Waals surface area contributed by atoms with Crippen LogP contribution in [0, 0.1) is 5.92 Å². The second kappa shape index (κ2) is 7.25. The number of esters is 2. The lowest BCUT2D eigenvalue weighted by Crippen LogP contribution is -2.43. The summed E-state index contributed by atoms with van der Waals surface area (Å²) in [4.78, 5) is 35.8. The SMILES string of the molecule is COC(=O)CN(CC(=O)OC)C(=O)C1CCSC1. The lowest BCUT2D eigenvalue weighted by Gasteiger charge is -2.22. The zero-order valence-electron chi connectivity index (χ0n) is 10.5. The Morgan fingerprint density at radius 1 is 1.17 bits per heavy atom. The Labute approximate surface area is 110 Å². The molecule has 0 aromatic rings. The van der Waals surface area contributed by atoms with Gasteiger partial charge in [0.15, 0.2) is 0 Å². The maximum Gasteiger partial charge on any atom is 0.325 e. The van der Waals surface area contributed by atoms with E-state index in [1.807, 2.05) is 0 Å². The van der Waals surface area contributed by atoms with Gasteiger partial charge in [0.1, 0.15) is 13.1 Å². The molecule has 0 aromatic heterocycles. The summed E-state index contributed by atoms with van der Waals surface area (Å²) in [5, 5.41) is 0. The van der Waals surface area contributed by atoms with Crippen molar-refractivity contribution in [1.29, 1.82) is 0 Å². The summed E-state index contributed by atoms with van der Waals surface area (Å²) in [5.74, 6) is 0.272. The van der Waals surface area contributed by atoms with Gasteiger partial charge in [-0.15, -0.1) is 0 Å². The number of carbonyl (C=O) groups excluding carboxylic acids is 3. The van der Waals surface area contributed by atoms with E-state index in [9.17, 15) is 14.4 Å². The highest BCUT2D eigenvalue weighted by molar-refractivity contribution is 7.99. The molecule has 1 aliphatic rings. The molecule has 1 atom stereocenters. The molecule has 0 aliphatic carbocycles. The Balaban J connectivity index is 2.65. The van der Waals surface area contributed by atoms with E-state index in [1.165, 1.54) is 19.1 Å². The fraction of sp³-hybridized carbons (Fsp3) is 0.727. The summed E-state index contributed by atoms with van der Waals surface area (Å²) in [6.07, 6.45) is 0.780. The smallest absolute Gasteiger partial charge is 0.325 e. The van der Waals surface area contributed by atoms with Crippen molar-refractivity contribution >= 4 is 29.6 Å². The summed E-state index contributed by atoms with van der Waals surface area (Å²) in [7, 11) is 2.49. The van der Waals surface area contributed by atoms with Crippen molar-refractivity contribution in [2.75, 3.05) is 38.8 Å². The zero-order valence-corrected chi connectivity index (χ0v) is 11.3. The zero-order chi connectivity index (χ0) is 13.5. The van der Waals surface area contributed by atoms with Gasteiger partial charge in [-0.05, 0) is 12.2 Å². The Hall–Kier alpha value is -1.24. The molecule has 0 radical (unpaired) electrons. The highest BCUT2D eigenvalue weighted by atomic mass is 32.2. The van der Waals surface area contributed by atoms with Gasteiger partial charge in [-0.1, -0.05) is 0 Å². The van der Waals surface area contributed by atoms with Gasteiger partial charge in [0.2, 0.25) is 5.91 Å². The molecule has 6 nitrogen and oxygen atoms in total. The van der Waals surface area contributed by atoms with E-state index in [1.54, 1.807) is 11.8 Å². The third-order valence-corrected chi connectivity index (χ3v) is 3.85. The van der Waals surface area contributed by atoms with Crippen molar-refractivity contribution in [1.82, 2.24) is 4.90 Å². The van der Waals surface area contributed by atoms with Gasteiger partial charge < -0.3 is 14.4 Å². The second-order valence-corrected chi connectivity index (χ2v) is 5.06. The van der Waals surface area contributed by atoms with Gasteiger partial charge in [0.05, 0.1) is 14.2 Å². The standard InChI is InChI=1S/C11H17NO5S/c1-16-9(13)5-12(6-10(14)17-2)11(15)8-3-4-18-7-8/h8H,3-7H2,1-2H3. The average molecular weight is 275 g/mol. The largest absolute Gasteiger partial charge is 0.468 e. The van der Waals surface area contributed by atoms with Crippen LogP contribution in [-0.2, 0) is 23.9 Å². The number of carbonyl (C=O) groups is 3. The summed E-state index contributed by atoms with van der Waals surface area (Å²) in [6, 6.07) is 0. The minimum atomic E-state index is -0.544. The summed E-state index contributed by atoms with van der Waals surface area (Å²) < 4.78 is 9.04. The van der Waals surface area contributed by atoms with Gasteiger partial charge >= 0.3 is 11.9 Å². The first kappa shape index (κ1) is 14.8. The predicted octanol–water partition coefficient (Wildman–Crippen LogP) is -0.0859. The minimum absolute atomic E-state index is 0.121. The van der Waals surface area contributed by atoms with Crippen LogP contribution >= 0.6 is 11.8 Å². The van der Waals surface area contributed by atoms with Crippen molar-refractivity contribution < 1.29 is 23.9 Å². The van der Waals surface area contributed by atoms with E-state index in [2.05, 4.69) is 9.47 Å². The summed E-state index contributed by atoms with van der Waals surface area (Å²) in [6.45, 7) is -0.433. The van der Waals surface area contributed by atoms with Gasteiger partial charge in [0.25, 0.3) is 0 Å². The van der Waals surface area contributed by atoms with Crippen molar-refractivity contribution in [3.05, 3.63) is 0 Å². The van der Waals surface area contributed by atoms with Crippen molar-refractivity contribution in [2.45, 2.75) is 6.42 Å². The first-order valence-electron chi connectivity index (χ1n) is 5.58. The van der Waals surface area contributed by atoms with Crippen LogP contribution in [0.3, 0.4) is 0 Å². The molecule has 1 saturated heterocycles. The first-order valence-corrected chi connectivity index (χ1v) is 6.74. The number of amides is 1. The Bertz CT molecular complexity index is 309. The molecule has 0 N–H and O–H groups in total. The van der Waals surface area contributed by atoms with Crippen LogP contribution in [0.1, 0.15) is 6.42 Å². The molecule has 0 bridgehead atoms. The van der Waals surface area contributed by atoms with E-state index in [0.29, 0.717) is 0 Å². The molecule has 1 heterocycles. The molecule has 18 heavy (non-hydrogen) atoms. The maximum atomic E-state index is 12.1. The molecular weight excluding hydrogens is 258 g/mol. The quantitative estimate of drug-likeness (QED) is 0.653. The van der Waals surface area contributed by atoms with Crippen molar-refractivity contribution in [3.63, 3.8) is 0 Å². The van der Waals surface area contributed by atoms with Crippen molar-refractivity contribution in [3.8, 4) is 0 Å².